The Hall–Kier alpha value is -1.60. The van der Waals surface area contributed by atoms with Crippen molar-refractivity contribution in [3.63, 3.8) is 0 Å². The van der Waals surface area contributed by atoms with Gasteiger partial charge in [-0.2, -0.15) is 0 Å². The van der Waals surface area contributed by atoms with E-state index in [0.29, 0.717) is 17.9 Å². The molecule has 0 unspecified atom stereocenters. The Balaban J connectivity index is 2.20. The van der Waals surface area contributed by atoms with Crippen LogP contribution in [0.3, 0.4) is 0 Å². The second-order valence-electron chi connectivity index (χ2n) is 7.93. The minimum absolute atomic E-state index is 0.0406. The van der Waals surface area contributed by atoms with Gasteiger partial charge in [0, 0.05) is 24.4 Å². The van der Waals surface area contributed by atoms with E-state index in [9.17, 15) is 9.36 Å². The van der Waals surface area contributed by atoms with Crippen molar-refractivity contribution in [3.8, 4) is 5.75 Å². The van der Waals surface area contributed by atoms with E-state index in [4.69, 9.17) is 29.0 Å². The SMILES string of the molecule is CCOP(=O)(CC[C@H]1O[C@H](Oc2ccc(N)c(C)c2)[C@@H](C)[C@@H](C)[C@@H]1OC(C)=O)OCC. The van der Waals surface area contributed by atoms with Crippen molar-refractivity contribution in [3.05, 3.63) is 23.8 Å². The molecule has 31 heavy (non-hydrogen) atoms. The summed E-state index contributed by atoms with van der Waals surface area (Å²) in [6, 6.07) is 5.46. The molecule has 0 aromatic heterocycles. The molecule has 1 aliphatic rings. The summed E-state index contributed by atoms with van der Waals surface area (Å²) < 4.78 is 41.7. The van der Waals surface area contributed by atoms with Crippen LogP contribution >= 0.6 is 7.60 Å². The third kappa shape index (κ3) is 6.94. The summed E-state index contributed by atoms with van der Waals surface area (Å²) in [6.45, 7) is 11.4. The number of aryl methyl sites for hydroxylation is 1. The summed E-state index contributed by atoms with van der Waals surface area (Å²) in [5.74, 6) is 0.170. The molecule has 1 aliphatic heterocycles. The number of rotatable bonds is 10. The van der Waals surface area contributed by atoms with Gasteiger partial charge in [-0.1, -0.05) is 13.8 Å². The zero-order valence-corrected chi connectivity index (χ0v) is 20.2. The molecule has 176 valence electrons. The minimum atomic E-state index is -3.26. The van der Waals surface area contributed by atoms with Crippen LogP contribution in [0.5, 0.6) is 5.75 Å². The second-order valence-corrected chi connectivity index (χ2v) is 10.1. The molecule has 2 rings (SSSR count). The maximum Gasteiger partial charge on any atom is 0.330 e. The summed E-state index contributed by atoms with van der Waals surface area (Å²) in [5, 5.41) is 0. The van der Waals surface area contributed by atoms with Gasteiger partial charge < -0.3 is 29.0 Å². The van der Waals surface area contributed by atoms with Crippen LogP contribution in [0.25, 0.3) is 0 Å². The average molecular weight is 458 g/mol. The van der Waals surface area contributed by atoms with E-state index < -0.39 is 26.1 Å². The third-order valence-electron chi connectivity index (χ3n) is 5.59. The van der Waals surface area contributed by atoms with Crippen molar-refractivity contribution in [2.75, 3.05) is 25.1 Å². The lowest BCUT2D eigenvalue weighted by Crippen LogP contribution is -2.53. The van der Waals surface area contributed by atoms with Gasteiger partial charge >= 0.3 is 13.6 Å². The number of nitrogens with two attached hydrogens (primary N) is 1. The molecule has 0 bridgehead atoms. The van der Waals surface area contributed by atoms with Gasteiger partial charge in [-0.05, 0) is 51.0 Å². The van der Waals surface area contributed by atoms with Crippen LogP contribution in [-0.4, -0.2) is 43.8 Å². The molecular weight excluding hydrogens is 421 g/mol. The molecule has 1 fully saturated rings. The number of benzene rings is 1. The summed E-state index contributed by atoms with van der Waals surface area (Å²) in [7, 11) is -3.26. The van der Waals surface area contributed by atoms with Gasteiger partial charge in [0.1, 0.15) is 11.9 Å². The maximum absolute atomic E-state index is 12.9. The van der Waals surface area contributed by atoms with Gasteiger partial charge in [-0.25, -0.2) is 0 Å². The quantitative estimate of drug-likeness (QED) is 0.310. The van der Waals surface area contributed by atoms with Crippen LogP contribution in [0.15, 0.2) is 18.2 Å². The van der Waals surface area contributed by atoms with E-state index in [-0.39, 0.29) is 37.2 Å². The van der Waals surface area contributed by atoms with E-state index in [0.717, 1.165) is 5.56 Å². The Labute approximate surface area is 185 Å². The highest BCUT2D eigenvalue weighted by molar-refractivity contribution is 7.53. The second kappa shape index (κ2) is 11.3. The number of hydrogen-bond donors (Lipinski definition) is 1. The first kappa shape index (κ1) is 25.7. The maximum atomic E-state index is 12.9. The summed E-state index contributed by atoms with van der Waals surface area (Å²) >= 11 is 0. The fourth-order valence-corrected chi connectivity index (χ4v) is 5.39. The average Bonchev–Trinajstić information content (AvgIpc) is 2.69. The molecule has 9 heteroatoms. The van der Waals surface area contributed by atoms with Crippen molar-refractivity contribution >= 4 is 19.3 Å². The minimum Gasteiger partial charge on any atom is -0.465 e. The van der Waals surface area contributed by atoms with Crippen molar-refractivity contribution < 1.29 is 32.6 Å². The predicted molar refractivity (Wildman–Crippen MR) is 119 cm³/mol. The fourth-order valence-electron chi connectivity index (χ4n) is 3.70. The molecule has 1 saturated heterocycles. The number of hydrogen-bond acceptors (Lipinski definition) is 8. The molecule has 1 aromatic carbocycles. The van der Waals surface area contributed by atoms with Gasteiger partial charge in [0.15, 0.2) is 0 Å². The Morgan fingerprint density at radius 3 is 2.35 bits per heavy atom. The molecular formula is C22H36NO7P. The van der Waals surface area contributed by atoms with Crippen LogP contribution in [0.4, 0.5) is 5.69 Å². The van der Waals surface area contributed by atoms with Gasteiger partial charge in [0.25, 0.3) is 0 Å². The largest absolute Gasteiger partial charge is 0.465 e. The topological polar surface area (TPSA) is 106 Å². The zero-order chi connectivity index (χ0) is 23.2. The molecule has 0 spiro atoms. The van der Waals surface area contributed by atoms with Crippen molar-refractivity contribution in [1.82, 2.24) is 0 Å². The number of nitrogen functional groups attached to an aromatic ring is 1. The molecule has 2 N–H and O–H groups in total. The lowest BCUT2D eigenvalue weighted by molar-refractivity contribution is -0.239. The smallest absolute Gasteiger partial charge is 0.330 e. The number of esters is 1. The van der Waals surface area contributed by atoms with E-state index in [2.05, 4.69) is 0 Å². The molecule has 0 amide bonds. The van der Waals surface area contributed by atoms with Crippen LogP contribution in [0.2, 0.25) is 0 Å². The van der Waals surface area contributed by atoms with Crippen LogP contribution in [0.1, 0.15) is 46.6 Å². The number of carbonyl (C=O) groups is 1. The molecule has 1 aromatic rings. The first-order chi connectivity index (χ1) is 14.6. The van der Waals surface area contributed by atoms with Gasteiger partial charge in [-0.15, -0.1) is 0 Å². The molecule has 0 aliphatic carbocycles. The molecule has 1 heterocycles. The highest BCUT2D eigenvalue weighted by Crippen LogP contribution is 2.49. The van der Waals surface area contributed by atoms with Gasteiger partial charge in [0.05, 0.1) is 25.5 Å². The van der Waals surface area contributed by atoms with Crippen molar-refractivity contribution in [1.29, 1.82) is 0 Å². The highest BCUT2D eigenvalue weighted by Gasteiger charge is 2.45. The Bertz CT molecular complexity index is 777. The molecule has 5 atom stereocenters. The fraction of sp³-hybridized carbons (Fsp3) is 0.682. The summed E-state index contributed by atoms with van der Waals surface area (Å²) in [4.78, 5) is 11.7. The summed E-state index contributed by atoms with van der Waals surface area (Å²) in [6.07, 6.45) is -1.06. The monoisotopic (exact) mass is 457 g/mol. The Morgan fingerprint density at radius 1 is 1.16 bits per heavy atom. The third-order valence-corrected chi connectivity index (χ3v) is 7.70. The van der Waals surface area contributed by atoms with Gasteiger partial charge in [-0.3, -0.25) is 9.36 Å². The lowest BCUT2D eigenvalue weighted by Gasteiger charge is -2.44. The first-order valence-electron chi connectivity index (χ1n) is 10.8. The molecule has 0 radical (unpaired) electrons. The van der Waals surface area contributed by atoms with Crippen LogP contribution in [-0.2, 0) is 27.9 Å². The van der Waals surface area contributed by atoms with Crippen molar-refractivity contribution in [2.45, 2.75) is 66.5 Å². The normalized spacial score (nSPS) is 26.5. The van der Waals surface area contributed by atoms with E-state index in [1.165, 1.54) is 6.92 Å². The number of ether oxygens (including phenoxy) is 3. The first-order valence-corrected chi connectivity index (χ1v) is 12.6. The van der Waals surface area contributed by atoms with E-state index >= 15 is 0 Å². The Morgan fingerprint density at radius 2 is 1.81 bits per heavy atom. The Kier molecular flexibility index (Phi) is 9.37. The van der Waals surface area contributed by atoms with Crippen LogP contribution < -0.4 is 10.5 Å². The van der Waals surface area contributed by atoms with E-state index in [1.807, 2.05) is 26.8 Å². The van der Waals surface area contributed by atoms with Crippen molar-refractivity contribution in [2.24, 2.45) is 11.8 Å². The van der Waals surface area contributed by atoms with E-state index in [1.54, 1.807) is 26.0 Å². The van der Waals surface area contributed by atoms with Crippen LogP contribution in [0, 0.1) is 18.8 Å². The molecule has 8 nitrogen and oxygen atoms in total. The standard InChI is InChI=1S/C22H36NO7P/c1-7-26-31(25,27-8-2)12-11-20-21(28-17(6)24)15(4)16(5)22(30-20)29-18-9-10-19(23)14(3)13-18/h9-10,13,15-16,20-22H,7-8,11-12,23H2,1-6H3/t15-,16+,20-,21+,22+/m1/s1. The molecule has 0 saturated carbocycles. The predicted octanol–water partition coefficient (Wildman–Crippen LogP) is 4.54. The summed E-state index contributed by atoms with van der Waals surface area (Å²) in [5.41, 5.74) is 7.51. The number of anilines is 1. The highest BCUT2D eigenvalue weighted by atomic mass is 31.2. The number of carbonyl (C=O) groups excluding carboxylic acids is 1. The lowest BCUT2D eigenvalue weighted by atomic mass is 9.83. The van der Waals surface area contributed by atoms with Gasteiger partial charge in [0.2, 0.25) is 6.29 Å². The zero-order valence-electron chi connectivity index (χ0n) is 19.3.